The largest absolute Gasteiger partial charge is 0.382 e. The number of rotatable bonds is 6. The lowest BCUT2D eigenvalue weighted by atomic mass is 10.1. The first kappa shape index (κ1) is 25.4. The zero-order valence-electron chi connectivity index (χ0n) is 19.1. The standard InChI is InChI=1S/C23H22F5N5O2S2/c24-37(25,26,27,28)21-5-2-18(3-6-21)31-19-9-12-33(13-10-19)36(34,35)20-4-7-22(30-15-20)17-1-8-23-29-11-14-32(23)16-17/h1-8,11,14-16,19,31H,9-10,12-13H2. The van der Waals surface area contributed by atoms with Crippen LogP contribution in [0.15, 0.2) is 83.1 Å². The van der Waals surface area contributed by atoms with Crippen LogP contribution in [0.1, 0.15) is 12.8 Å². The first-order valence-electron chi connectivity index (χ1n) is 11.2. The maximum absolute atomic E-state index is 13.1. The minimum absolute atomic E-state index is 0.0537. The molecule has 5 rings (SSSR count). The predicted octanol–water partition coefficient (Wildman–Crippen LogP) is 6.32. The Morgan fingerprint density at radius 2 is 1.59 bits per heavy atom. The highest BCUT2D eigenvalue weighted by atomic mass is 32.5. The molecule has 1 N–H and O–H groups in total. The first-order valence-corrected chi connectivity index (χ1v) is 14.6. The van der Waals surface area contributed by atoms with Crippen LogP contribution in [0.3, 0.4) is 0 Å². The van der Waals surface area contributed by atoms with Crippen LogP contribution < -0.4 is 5.32 Å². The van der Waals surface area contributed by atoms with Crippen LogP contribution in [0, 0.1) is 0 Å². The molecule has 0 radical (unpaired) electrons. The topological polar surface area (TPSA) is 79.6 Å². The number of hydrogen-bond acceptors (Lipinski definition) is 5. The second kappa shape index (κ2) is 8.13. The third-order valence-electron chi connectivity index (χ3n) is 6.18. The van der Waals surface area contributed by atoms with Gasteiger partial charge in [-0.1, -0.05) is 19.4 Å². The molecule has 0 spiro atoms. The van der Waals surface area contributed by atoms with E-state index < -0.39 is 25.1 Å². The van der Waals surface area contributed by atoms with E-state index in [-0.39, 0.29) is 29.7 Å². The number of piperidine rings is 1. The van der Waals surface area contributed by atoms with Crippen LogP contribution in [-0.2, 0) is 10.0 Å². The summed E-state index contributed by atoms with van der Waals surface area (Å²) in [6, 6.07) is 9.21. The molecule has 37 heavy (non-hydrogen) atoms. The number of nitrogens with one attached hydrogen (secondary N) is 1. The lowest BCUT2D eigenvalue weighted by Crippen LogP contribution is -2.42. The van der Waals surface area contributed by atoms with Gasteiger partial charge in [-0.25, -0.2) is 13.4 Å². The van der Waals surface area contributed by atoms with Crippen LogP contribution in [0.25, 0.3) is 16.9 Å². The summed E-state index contributed by atoms with van der Waals surface area (Å²) in [7, 11) is -13.5. The molecule has 0 saturated carbocycles. The normalized spacial score (nSPS) is 17.9. The molecule has 14 heteroatoms. The van der Waals surface area contributed by atoms with Crippen molar-refractivity contribution < 1.29 is 27.8 Å². The quantitative estimate of drug-likeness (QED) is 0.280. The van der Waals surface area contributed by atoms with Gasteiger partial charge in [0, 0.05) is 55.2 Å². The summed E-state index contributed by atoms with van der Waals surface area (Å²) >= 11 is 0. The number of benzene rings is 1. The van der Waals surface area contributed by atoms with Gasteiger partial charge in [-0.05, 0) is 61.4 Å². The fourth-order valence-corrected chi connectivity index (χ4v) is 6.27. The van der Waals surface area contributed by atoms with Gasteiger partial charge >= 0.3 is 10.2 Å². The van der Waals surface area contributed by atoms with Crippen molar-refractivity contribution in [3.05, 3.63) is 73.3 Å². The summed E-state index contributed by atoms with van der Waals surface area (Å²) in [5, 5.41) is 2.99. The van der Waals surface area contributed by atoms with Gasteiger partial charge in [-0.15, -0.1) is 0 Å². The monoisotopic (exact) mass is 559 g/mol. The number of fused-ring (bicyclic) bond motifs is 1. The van der Waals surface area contributed by atoms with Crippen molar-refractivity contribution in [1.29, 1.82) is 0 Å². The maximum atomic E-state index is 13.1. The fraction of sp³-hybridized carbons (Fsp3) is 0.217. The second-order valence-electron chi connectivity index (χ2n) is 8.81. The van der Waals surface area contributed by atoms with Crippen LogP contribution in [-0.4, -0.2) is 46.2 Å². The molecule has 0 amide bonds. The molecule has 0 bridgehead atoms. The summed E-state index contributed by atoms with van der Waals surface area (Å²) in [4.78, 5) is 6.61. The molecule has 3 aromatic heterocycles. The minimum Gasteiger partial charge on any atom is -0.382 e. The lowest BCUT2D eigenvalue weighted by Gasteiger charge is -2.40. The molecule has 198 valence electrons. The van der Waals surface area contributed by atoms with Gasteiger partial charge < -0.3 is 9.72 Å². The molecule has 0 aliphatic carbocycles. The van der Waals surface area contributed by atoms with Gasteiger partial charge in [0.2, 0.25) is 10.0 Å². The van der Waals surface area contributed by atoms with Gasteiger partial charge in [-0.3, -0.25) is 4.98 Å². The second-order valence-corrected chi connectivity index (χ2v) is 13.2. The van der Waals surface area contributed by atoms with E-state index in [1.807, 2.05) is 22.7 Å². The smallest absolute Gasteiger partial charge is 0.310 e. The molecule has 7 nitrogen and oxygen atoms in total. The van der Waals surface area contributed by atoms with Crippen molar-refractivity contribution in [2.24, 2.45) is 0 Å². The first-order chi connectivity index (χ1) is 17.2. The van der Waals surface area contributed by atoms with Crippen LogP contribution >= 0.6 is 10.2 Å². The van der Waals surface area contributed by atoms with Gasteiger partial charge in [0.05, 0.1) is 5.69 Å². The van der Waals surface area contributed by atoms with Crippen molar-refractivity contribution >= 4 is 31.6 Å². The zero-order chi connectivity index (χ0) is 26.5. The molecule has 4 aromatic rings. The number of anilines is 1. The van der Waals surface area contributed by atoms with Gasteiger partial charge in [0.15, 0.2) is 0 Å². The molecular formula is C23H22F5N5O2S2. The van der Waals surface area contributed by atoms with Crippen LogP contribution in [0.4, 0.5) is 25.1 Å². The minimum atomic E-state index is -9.72. The number of halogens is 5. The Balaban J connectivity index is 1.22. The van der Waals surface area contributed by atoms with Gasteiger partial charge in [0.25, 0.3) is 0 Å². The Bertz CT molecular complexity index is 1550. The number of hydrogen-bond donors (Lipinski definition) is 1. The highest BCUT2D eigenvalue weighted by molar-refractivity contribution is 8.45. The number of sulfonamides is 1. The number of pyridine rings is 2. The molecular weight excluding hydrogens is 537 g/mol. The maximum Gasteiger partial charge on any atom is 0.310 e. The molecule has 1 aromatic carbocycles. The number of imidazole rings is 1. The highest BCUT2D eigenvalue weighted by Gasteiger charge is 2.65. The SMILES string of the molecule is O=S(=O)(c1ccc(-c2ccc3nccn3c2)nc1)N1CCC(Nc2ccc(S(F)(F)(F)(F)F)cc2)CC1. The van der Waals surface area contributed by atoms with E-state index >= 15 is 0 Å². The van der Waals surface area contributed by atoms with Crippen molar-refractivity contribution in [2.45, 2.75) is 28.7 Å². The number of nitrogens with zero attached hydrogens (tertiary/aromatic N) is 4. The van der Waals surface area contributed by atoms with E-state index in [2.05, 4.69) is 15.3 Å². The van der Waals surface area contributed by atoms with Crippen molar-refractivity contribution in [1.82, 2.24) is 18.7 Å². The summed E-state index contributed by atoms with van der Waals surface area (Å²) in [5.41, 5.74) is 2.44. The van der Waals surface area contributed by atoms with Crippen LogP contribution in [0.2, 0.25) is 0 Å². The molecule has 0 unspecified atom stereocenters. The molecule has 1 fully saturated rings. The highest BCUT2D eigenvalue weighted by Crippen LogP contribution is 3.02. The van der Waals surface area contributed by atoms with E-state index in [0.29, 0.717) is 30.7 Å². The van der Waals surface area contributed by atoms with E-state index in [4.69, 9.17) is 0 Å². The van der Waals surface area contributed by atoms with E-state index in [1.54, 1.807) is 18.5 Å². The Hall–Kier alpha value is -3.23. The van der Waals surface area contributed by atoms with Crippen molar-refractivity contribution in [3.8, 4) is 11.3 Å². The third-order valence-corrected chi connectivity index (χ3v) is 9.23. The predicted molar refractivity (Wildman–Crippen MR) is 132 cm³/mol. The summed E-state index contributed by atoms with van der Waals surface area (Å²) < 4.78 is 93.9. The molecule has 1 saturated heterocycles. The van der Waals surface area contributed by atoms with Gasteiger partial charge in [-0.2, -0.15) is 4.31 Å². The zero-order valence-corrected chi connectivity index (χ0v) is 20.8. The lowest BCUT2D eigenvalue weighted by molar-refractivity contribution is 0.329. The fourth-order valence-electron chi connectivity index (χ4n) is 4.21. The van der Waals surface area contributed by atoms with Gasteiger partial charge in [0.1, 0.15) is 15.4 Å². The Labute approximate surface area is 209 Å². The van der Waals surface area contributed by atoms with E-state index in [1.165, 1.54) is 16.6 Å². The molecule has 1 aliphatic heterocycles. The average Bonchev–Trinajstić information content (AvgIpc) is 3.31. The Kier molecular flexibility index (Phi) is 5.59. The molecule has 1 aliphatic rings. The Morgan fingerprint density at radius 3 is 2.22 bits per heavy atom. The third kappa shape index (κ3) is 5.40. The summed E-state index contributed by atoms with van der Waals surface area (Å²) in [6.07, 6.45) is 7.41. The van der Waals surface area contributed by atoms with Crippen molar-refractivity contribution in [3.63, 3.8) is 0 Å². The molecule has 4 heterocycles. The summed E-state index contributed by atoms with van der Waals surface area (Å²) in [5.74, 6) is 0. The molecule has 0 atom stereocenters. The van der Waals surface area contributed by atoms with E-state index in [0.717, 1.165) is 23.3 Å². The van der Waals surface area contributed by atoms with Crippen LogP contribution in [0.5, 0.6) is 0 Å². The average molecular weight is 560 g/mol. The van der Waals surface area contributed by atoms with E-state index in [9.17, 15) is 27.8 Å². The summed E-state index contributed by atoms with van der Waals surface area (Å²) in [6.45, 7) is 0.366. The van der Waals surface area contributed by atoms with Crippen molar-refractivity contribution in [2.75, 3.05) is 18.4 Å². The number of aromatic nitrogens is 3. The Morgan fingerprint density at radius 1 is 0.892 bits per heavy atom.